The van der Waals surface area contributed by atoms with E-state index in [0.29, 0.717) is 24.9 Å². The number of hydrogen-bond acceptors (Lipinski definition) is 4. The first-order valence-corrected chi connectivity index (χ1v) is 8.16. The Morgan fingerprint density at radius 1 is 1.58 bits per heavy atom. The zero-order valence-electron chi connectivity index (χ0n) is 12.3. The highest BCUT2D eigenvalue weighted by Gasteiger charge is 2.23. The molecule has 5 heteroatoms. The number of rotatable bonds is 6. The first kappa shape index (κ1) is 16.3. The Balaban J connectivity index is 2.45. The molecule has 0 radical (unpaired) electrons. The van der Waals surface area contributed by atoms with E-state index in [1.807, 2.05) is 25.6 Å². The highest BCUT2D eigenvalue weighted by atomic mass is 32.2. The number of thioether (sulfide) groups is 1. The molecule has 0 N–H and O–H groups in total. The van der Waals surface area contributed by atoms with E-state index in [1.54, 1.807) is 4.90 Å². The summed E-state index contributed by atoms with van der Waals surface area (Å²) in [6.07, 6.45) is 1.16. The lowest BCUT2D eigenvalue weighted by Crippen LogP contribution is -2.46. The molecule has 1 rings (SSSR count). The summed E-state index contributed by atoms with van der Waals surface area (Å²) in [6, 6.07) is 2.19. The van der Waals surface area contributed by atoms with Crippen LogP contribution in [0.2, 0.25) is 0 Å². The third kappa shape index (κ3) is 5.42. The molecule has 0 bridgehead atoms. The largest absolute Gasteiger partial charge is 0.341 e. The number of nitrogens with zero attached hydrogens (tertiary/aromatic N) is 3. The predicted molar refractivity (Wildman–Crippen MR) is 80.0 cm³/mol. The van der Waals surface area contributed by atoms with Crippen molar-refractivity contribution >= 4 is 17.7 Å². The lowest BCUT2D eigenvalue weighted by atomic mass is 10.2. The van der Waals surface area contributed by atoms with Crippen molar-refractivity contribution in [2.24, 2.45) is 5.92 Å². The van der Waals surface area contributed by atoms with Gasteiger partial charge in [-0.1, -0.05) is 6.92 Å². The van der Waals surface area contributed by atoms with Crippen LogP contribution < -0.4 is 0 Å². The Morgan fingerprint density at radius 3 is 2.89 bits per heavy atom. The number of carbonyl (C=O) groups excluding carboxylic acids is 1. The summed E-state index contributed by atoms with van der Waals surface area (Å²) in [6.45, 7) is 9.79. The molecule has 1 aliphatic rings. The summed E-state index contributed by atoms with van der Waals surface area (Å²) in [7, 11) is 0. The number of likely N-dealkylation sites (N-methyl/N-ethyl adjacent to an activating group) is 1. The Hall–Kier alpha value is -0.730. The molecule has 1 amide bonds. The zero-order valence-corrected chi connectivity index (χ0v) is 13.1. The molecule has 0 aromatic rings. The second-order valence-corrected chi connectivity index (χ2v) is 6.51. The van der Waals surface area contributed by atoms with E-state index in [-0.39, 0.29) is 11.8 Å². The summed E-state index contributed by atoms with van der Waals surface area (Å²) in [5.74, 6) is 1.18. The van der Waals surface area contributed by atoms with Crippen LogP contribution in [0.1, 0.15) is 27.2 Å². The molecule has 0 aromatic heterocycles. The molecule has 1 aliphatic heterocycles. The van der Waals surface area contributed by atoms with Gasteiger partial charge < -0.3 is 4.90 Å². The maximum atomic E-state index is 12.3. The molecule has 19 heavy (non-hydrogen) atoms. The lowest BCUT2D eigenvalue weighted by molar-refractivity contribution is -0.132. The quantitative estimate of drug-likeness (QED) is 0.746. The van der Waals surface area contributed by atoms with Crippen molar-refractivity contribution in [3.05, 3.63) is 0 Å². The molecule has 4 nitrogen and oxygen atoms in total. The van der Waals surface area contributed by atoms with E-state index >= 15 is 0 Å². The molecule has 0 unspecified atom stereocenters. The van der Waals surface area contributed by atoms with E-state index in [0.717, 1.165) is 25.3 Å². The summed E-state index contributed by atoms with van der Waals surface area (Å²) in [4.78, 5) is 16.3. The van der Waals surface area contributed by atoms with Crippen molar-refractivity contribution in [3.63, 3.8) is 0 Å². The minimum Gasteiger partial charge on any atom is -0.341 e. The average Bonchev–Trinajstić information content (AvgIpc) is 2.44. The van der Waals surface area contributed by atoms with Crippen molar-refractivity contribution in [1.82, 2.24) is 9.80 Å². The second-order valence-electron chi connectivity index (χ2n) is 5.10. The standard InChI is InChI=1S/C14H25N3OS/c1-4-13-10-16(6-7-19-13)11-14(18)17(5-2)9-12(3)8-15/h12-13H,4-7,9-11H2,1-3H3/t12-,13-/m1/s1. The minimum absolute atomic E-state index is 0.0933. The maximum absolute atomic E-state index is 12.3. The van der Waals surface area contributed by atoms with E-state index in [4.69, 9.17) is 5.26 Å². The number of carbonyl (C=O) groups is 1. The van der Waals surface area contributed by atoms with E-state index in [2.05, 4.69) is 17.9 Å². The highest BCUT2D eigenvalue weighted by Crippen LogP contribution is 2.20. The minimum atomic E-state index is -0.0933. The van der Waals surface area contributed by atoms with E-state index in [1.165, 1.54) is 0 Å². The Bertz CT molecular complexity index is 329. The molecular formula is C14H25N3OS. The van der Waals surface area contributed by atoms with Crippen LogP contribution in [-0.2, 0) is 4.79 Å². The van der Waals surface area contributed by atoms with Gasteiger partial charge >= 0.3 is 0 Å². The van der Waals surface area contributed by atoms with Crippen molar-refractivity contribution in [1.29, 1.82) is 5.26 Å². The van der Waals surface area contributed by atoms with Crippen LogP contribution in [0.4, 0.5) is 0 Å². The van der Waals surface area contributed by atoms with Crippen molar-refractivity contribution in [3.8, 4) is 6.07 Å². The van der Waals surface area contributed by atoms with Crippen molar-refractivity contribution in [2.45, 2.75) is 32.4 Å². The molecule has 0 aromatic carbocycles. The highest BCUT2D eigenvalue weighted by molar-refractivity contribution is 8.00. The molecule has 1 fully saturated rings. The molecular weight excluding hydrogens is 258 g/mol. The number of hydrogen-bond donors (Lipinski definition) is 0. The van der Waals surface area contributed by atoms with Gasteiger partial charge in [-0.3, -0.25) is 9.69 Å². The van der Waals surface area contributed by atoms with Gasteiger partial charge in [-0.05, 0) is 20.3 Å². The van der Waals surface area contributed by atoms with Crippen LogP contribution in [0.5, 0.6) is 0 Å². The molecule has 2 atom stereocenters. The third-order valence-corrected chi connectivity index (χ3v) is 4.86. The summed E-state index contributed by atoms with van der Waals surface area (Å²) in [5.41, 5.74) is 0. The Kier molecular flexibility index (Phi) is 7.25. The third-order valence-electron chi connectivity index (χ3n) is 3.49. The van der Waals surface area contributed by atoms with Gasteiger partial charge in [0, 0.05) is 37.2 Å². The van der Waals surface area contributed by atoms with Gasteiger partial charge in [-0.2, -0.15) is 17.0 Å². The van der Waals surface area contributed by atoms with Gasteiger partial charge in [0.1, 0.15) is 0 Å². The van der Waals surface area contributed by atoms with Gasteiger partial charge in [0.2, 0.25) is 5.91 Å². The van der Waals surface area contributed by atoms with Crippen LogP contribution in [-0.4, -0.2) is 59.4 Å². The summed E-state index contributed by atoms with van der Waals surface area (Å²) < 4.78 is 0. The van der Waals surface area contributed by atoms with Gasteiger partial charge in [0.25, 0.3) is 0 Å². The van der Waals surface area contributed by atoms with Crippen LogP contribution in [0.25, 0.3) is 0 Å². The number of nitriles is 1. The van der Waals surface area contributed by atoms with E-state index in [9.17, 15) is 4.79 Å². The fraction of sp³-hybridized carbons (Fsp3) is 0.857. The molecule has 0 aliphatic carbocycles. The van der Waals surface area contributed by atoms with Gasteiger partial charge in [0.15, 0.2) is 0 Å². The van der Waals surface area contributed by atoms with Crippen molar-refractivity contribution in [2.75, 3.05) is 38.5 Å². The van der Waals surface area contributed by atoms with Crippen LogP contribution in [0.15, 0.2) is 0 Å². The molecule has 108 valence electrons. The smallest absolute Gasteiger partial charge is 0.236 e. The summed E-state index contributed by atoms with van der Waals surface area (Å²) in [5, 5.41) is 9.51. The maximum Gasteiger partial charge on any atom is 0.236 e. The van der Waals surface area contributed by atoms with Gasteiger partial charge in [0.05, 0.1) is 18.5 Å². The topological polar surface area (TPSA) is 47.3 Å². The predicted octanol–water partition coefficient (Wildman–Crippen LogP) is 1.82. The number of amides is 1. The fourth-order valence-electron chi connectivity index (χ4n) is 2.24. The molecule has 0 saturated carbocycles. The molecule has 0 spiro atoms. The average molecular weight is 283 g/mol. The fourth-order valence-corrected chi connectivity index (χ4v) is 3.49. The second kappa shape index (κ2) is 8.44. The van der Waals surface area contributed by atoms with Crippen LogP contribution in [0, 0.1) is 17.2 Å². The Morgan fingerprint density at radius 2 is 2.32 bits per heavy atom. The van der Waals surface area contributed by atoms with Gasteiger partial charge in [-0.25, -0.2) is 0 Å². The normalized spacial score (nSPS) is 21.7. The van der Waals surface area contributed by atoms with Crippen LogP contribution >= 0.6 is 11.8 Å². The summed E-state index contributed by atoms with van der Waals surface area (Å²) >= 11 is 2.01. The lowest BCUT2D eigenvalue weighted by Gasteiger charge is -2.33. The van der Waals surface area contributed by atoms with E-state index < -0.39 is 0 Å². The zero-order chi connectivity index (χ0) is 14.3. The SMILES string of the molecule is CC[C@@H]1CN(CC(=O)N(CC)C[C@H](C)C#N)CCS1. The molecule has 1 saturated heterocycles. The first-order chi connectivity index (χ1) is 9.10. The monoisotopic (exact) mass is 283 g/mol. The van der Waals surface area contributed by atoms with Crippen LogP contribution in [0.3, 0.4) is 0 Å². The van der Waals surface area contributed by atoms with Gasteiger partial charge in [-0.15, -0.1) is 0 Å². The molecule has 1 heterocycles. The van der Waals surface area contributed by atoms with Crippen molar-refractivity contribution < 1.29 is 4.79 Å². The first-order valence-electron chi connectivity index (χ1n) is 7.12. The Labute approximate surface area is 121 Å².